The Morgan fingerprint density at radius 2 is 1.91 bits per heavy atom. The van der Waals surface area contributed by atoms with Crippen LogP contribution in [0.3, 0.4) is 0 Å². The van der Waals surface area contributed by atoms with Crippen molar-refractivity contribution in [1.82, 2.24) is 19.9 Å². The zero-order valence-electron chi connectivity index (χ0n) is 17.4. The minimum absolute atomic E-state index is 0.182. The van der Waals surface area contributed by atoms with Crippen molar-refractivity contribution in [2.75, 3.05) is 11.9 Å². The molecule has 5 rings (SSSR count). The van der Waals surface area contributed by atoms with E-state index < -0.39 is 5.41 Å². The van der Waals surface area contributed by atoms with Crippen LogP contribution in [0.25, 0.3) is 0 Å². The summed E-state index contributed by atoms with van der Waals surface area (Å²) in [4.78, 5) is 41.6. The second-order valence-corrected chi connectivity index (χ2v) is 9.73. The van der Waals surface area contributed by atoms with E-state index in [1.54, 1.807) is 0 Å². The Hall–Kier alpha value is -2.84. The predicted octanol–water partition coefficient (Wildman–Crippen LogP) is 4.24. The highest BCUT2D eigenvalue weighted by atomic mass is 35.5. The van der Waals surface area contributed by atoms with Gasteiger partial charge in [-0.05, 0) is 30.5 Å². The molecule has 164 valence electrons. The number of fused-ring (bicyclic) bond motifs is 1. The molecule has 1 aromatic carbocycles. The average Bonchev–Trinajstić information content (AvgIpc) is 3.47. The van der Waals surface area contributed by atoms with Gasteiger partial charge in [-0.3, -0.25) is 19.9 Å². The van der Waals surface area contributed by atoms with Crippen LogP contribution in [-0.4, -0.2) is 38.2 Å². The molecule has 0 spiro atoms. The van der Waals surface area contributed by atoms with Crippen molar-refractivity contribution < 1.29 is 9.59 Å². The summed E-state index contributed by atoms with van der Waals surface area (Å²) >= 11 is 7.50. The van der Waals surface area contributed by atoms with Crippen LogP contribution >= 0.6 is 22.9 Å². The fourth-order valence-electron chi connectivity index (χ4n) is 4.68. The lowest BCUT2D eigenvalue weighted by Crippen LogP contribution is -2.47. The first-order chi connectivity index (χ1) is 15.5. The lowest BCUT2D eigenvalue weighted by molar-refractivity contribution is -0.138. The van der Waals surface area contributed by atoms with Crippen molar-refractivity contribution in [3.8, 4) is 0 Å². The molecule has 9 heteroatoms. The molecule has 0 bridgehead atoms. The summed E-state index contributed by atoms with van der Waals surface area (Å²) in [7, 11) is 0. The van der Waals surface area contributed by atoms with Gasteiger partial charge in [0.1, 0.15) is 5.69 Å². The Bertz CT molecular complexity index is 1140. The highest BCUT2D eigenvalue weighted by Gasteiger charge is 2.45. The summed E-state index contributed by atoms with van der Waals surface area (Å²) in [6.07, 6.45) is 8.91. The van der Waals surface area contributed by atoms with Gasteiger partial charge in [0.2, 0.25) is 5.91 Å². The van der Waals surface area contributed by atoms with Gasteiger partial charge in [-0.25, -0.2) is 9.97 Å². The molecule has 1 N–H and O–H groups in total. The number of hydrogen-bond donors (Lipinski definition) is 1. The standard InChI is InChI=1S/C23H22ClN5O2S/c24-16-5-3-15(4-6-16)23(8-1-2-9-23)21(31)29-12-7-17-19(14-29)32-22(27-17)28-20(30)18-13-25-10-11-26-18/h3-6,10-11,13H,1-2,7-9,12,14H2,(H,27,28,30). The largest absolute Gasteiger partial charge is 0.336 e. The van der Waals surface area contributed by atoms with Crippen LogP contribution in [0.1, 0.15) is 52.3 Å². The van der Waals surface area contributed by atoms with E-state index in [1.807, 2.05) is 29.2 Å². The number of nitrogens with one attached hydrogen (secondary N) is 1. The van der Waals surface area contributed by atoms with Crippen LogP contribution in [0.5, 0.6) is 0 Å². The van der Waals surface area contributed by atoms with Gasteiger partial charge in [-0.1, -0.05) is 47.9 Å². The van der Waals surface area contributed by atoms with Crippen LogP contribution in [-0.2, 0) is 23.2 Å². The molecule has 1 saturated carbocycles. The lowest BCUT2D eigenvalue weighted by atomic mass is 9.77. The molecule has 2 aromatic heterocycles. The van der Waals surface area contributed by atoms with E-state index in [1.165, 1.54) is 29.9 Å². The van der Waals surface area contributed by atoms with Gasteiger partial charge in [-0.15, -0.1) is 0 Å². The van der Waals surface area contributed by atoms with Crippen molar-refractivity contribution in [2.24, 2.45) is 0 Å². The number of carbonyl (C=O) groups excluding carboxylic acids is 2. The number of halogens is 1. The van der Waals surface area contributed by atoms with Crippen molar-refractivity contribution in [1.29, 1.82) is 0 Å². The summed E-state index contributed by atoms with van der Waals surface area (Å²) in [5.41, 5.74) is 1.76. The maximum atomic E-state index is 13.8. The third kappa shape index (κ3) is 3.89. The van der Waals surface area contributed by atoms with Gasteiger partial charge in [0.25, 0.3) is 5.91 Å². The average molecular weight is 468 g/mol. The molecule has 0 saturated heterocycles. The fourth-order valence-corrected chi connectivity index (χ4v) is 5.82. The highest BCUT2D eigenvalue weighted by molar-refractivity contribution is 7.15. The molecule has 3 heterocycles. The summed E-state index contributed by atoms with van der Waals surface area (Å²) in [6, 6.07) is 7.73. The Kier molecular flexibility index (Phi) is 5.65. The number of amides is 2. The van der Waals surface area contributed by atoms with Crippen LogP contribution in [0.15, 0.2) is 42.9 Å². The fraction of sp³-hybridized carbons (Fsp3) is 0.348. The summed E-state index contributed by atoms with van der Waals surface area (Å²) < 4.78 is 0. The molecule has 3 aromatic rings. The number of nitrogens with zero attached hydrogens (tertiary/aromatic N) is 4. The second-order valence-electron chi connectivity index (χ2n) is 8.21. The smallest absolute Gasteiger partial charge is 0.277 e. The number of rotatable bonds is 4. The molecule has 1 aliphatic heterocycles. The zero-order chi connectivity index (χ0) is 22.1. The highest BCUT2D eigenvalue weighted by Crippen LogP contribution is 2.44. The Labute approximate surface area is 194 Å². The first-order valence-electron chi connectivity index (χ1n) is 10.7. The quantitative estimate of drug-likeness (QED) is 0.620. The number of anilines is 1. The van der Waals surface area contributed by atoms with Crippen LogP contribution in [0.2, 0.25) is 5.02 Å². The van der Waals surface area contributed by atoms with E-state index in [4.69, 9.17) is 11.6 Å². The molecule has 1 aliphatic carbocycles. The normalized spacial score (nSPS) is 17.1. The first-order valence-corrected chi connectivity index (χ1v) is 11.9. The minimum atomic E-state index is -0.476. The lowest BCUT2D eigenvalue weighted by Gasteiger charge is -2.36. The predicted molar refractivity (Wildman–Crippen MR) is 123 cm³/mol. The zero-order valence-corrected chi connectivity index (χ0v) is 19.0. The molecule has 0 atom stereocenters. The summed E-state index contributed by atoms with van der Waals surface area (Å²) in [6.45, 7) is 1.14. The van der Waals surface area contributed by atoms with E-state index in [0.717, 1.165) is 41.8 Å². The third-order valence-corrected chi connectivity index (χ3v) is 7.55. The van der Waals surface area contributed by atoms with Gasteiger partial charge in [-0.2, -0.15) is 0 Å². The maximum absolute atomic E-state index is 13.8. The topological polar surface area (TPSA) is 88.1 Å². The van der Waals surface area contributed by atoms with Gasteiger partial charge in [0, 0.05) is 35.3 Å². The monoisotopic (exact) mass is 467 g/mol. The SMILES string of the molecule is O=C(Nc1nc2c(s1)CN(C(=O)C1(c3ccc(Cl)cc3)CCCC1)CC2)c1cnccn1. The Morgan fingerprint density at radius 3 is 2.62 bits per heavy atom. The molecular weight excluding hydrogens is 446 g/mol. The van der Waals surface area contributed by atoms with E-state index in [-0.39, 0.29) is 17.5 Å². The molecule has 0 radical (unpaired) electrons. The van der Waals surface area contributed by atoms with E-state index in [2.05, 4.69) is 20.3 Å². The van der Waals surface area contributed by atoms with E-state index in [0.29, 0.717) is 29.7 Å². The molecule has 32 heavy (non-hydrogen) atoms. The van der Waals surface area contributed by atoms with Gasteiger partial charge in [0.15, 0.2) is 5.13 Å². The Morgan fingerprint density at radius 1 is 1.12 bits per heavy atom. The molecule has 2 amide bonds. The van der Waals surface area contributed by atoms with E-state index >= 15 is 0 Å². The molecule has 1 fully saturated rings. The number of thiazole rings is 1. The van der Waals surface area contributed by atoms with Crippen LogP contribution in [0, 0.1) is 0 Å². The second kappa shape index (κ2) is 8.60. The number of aromatic nitrogens is 3. The Balaban J connectivity index is 1.34. The molecule has 2 aliphatic rings. The molecular formula is C23H22ClN5O2S. The number of benzene rings is 1. The maximum Gasteiger partial charge on any atom is 0.277 e. The minimum Gasteiger partial charge on any atom is -0.336 e. The number of hydrogen-bond acceptors (Lipinski definition) is 6. The van der Waals surface area contributed by atoms with Crippen molar-refractivity contribution in [2.45, 2.75) is 44.1 Å². The third-order valence-electron chi connectivity index (χ3n) is 6.30. The van der Waals surface area contributed by atoms with E-state index in [9.17, 15) is 9.59 Å². The van der Waals surface area contributed by atoms with Crippen LogP contribution in [0.4, 0.5) is 5.13 Å². The number of carbonyl (C=O) groups is 2. The van der Waals surface area contributed by atoms with Gasteiger partial charge in [0.05, 0.1) is 23.9 Å². The van der Waals surface area contributed by atoms with Crippen molar-refractivity contribution in [3.05, 3.63) is 69.7 Å². The molecule has 7 nitrogen and oxygen atoms in total. The summed E-state index contributed by atoms with van der Waals surface area (Å²) in [5.74, 6) is -0.161. The van der Waals surface area contributed by atoms with Crippen molar-refractivity contribution >= 4 is 39.9 Å². The molecule has 0 unspecified atom stereocenters. The van der Waals surface area contributed by atoms with Crippen molar-refractivity contribution in [3.63, 3.8) is 0 Å². The van der Waals surface area contributed by atoms with Gasteiger partial charge < -0.3 is 4.90 Å². The van der Waals surface area contributed by atoms with Crippen LogP contribution < -0.4 is 5.32 Å². The van der Waals surface area contributed by atoms with Gasteiger partial charge >= 0.3 is 0 Å². The summed E-state index contributed by atoms with van der Waals surface area (Å²) in [5, 5.41) is 4.00. The first kappa shape index (κ1) is 21.0.